The third-order valence-electron chi connectivity index (χ3n) is 2.66. The number of rotatable bonds is 4. The van der Waals surface area contributed by atoms with Gasteiger partial charge in [-0.05, 0) is 44.5 Å². The van der Waals surface area contributed by atoms with Crippen molar-refractivity contribution in [1.82, 2.24) is 5.32 Å². The first-order chi connectivity index (χ1) is 7.10. The quantitative estimate of drug-likeness (QED) is 0.819. The second-order valence-corrected chi connectivity index (χ2v) is 3.98. The monoisotopic (exact) mass is 207 g/mol. The zero-order chi connectivity index (χ0) is 11.4. The number of ether oxygens (including phenoxy) is 1. The molecule has 1 rings (SSSR count). The van der Waals surface area contributed by atoms with Crippen molar-refractivity contribution in [2.24, 2.45) is 0 Å². The Kier molecular flexibility index (Phi) is 4.15. The van der Waals surface area contributed by atoms with E-state index in [0.29, 0.717) is 6.04 Å². The van der Waals surface area contributed by atoms with E-state index in [1.165, 1.54) is 16.7 Å². The molecule has 0 saturated heterocycles. The maximum atomic E-state index is 5.43. The molecule has 0 bridgehead atoms. The van der Waals surface area contributed by atoms with Crippen molar-refractivity contribution < 1.29 is 4.74 Å². The number of benzene rings is 1. The number of nitrogens with one attached hydrogen (secondary N) is 1. The number of hydrogen-bond acceptors (Lipinski definition) is 2. The summed E-state index contributed by atoms with van der Waals surface area (Å²) in [6.07, 6.45) is 0. The van der Waals surface area contributed by atoms with E-state index >= 15 is 0 Å². The van der Waals surface area contributed by atoms with Crippen LogP contribution in [0.15, 0.2) is 12.1 Å². The first kappa shape index (κ1) is 12.1. The molecule has 0 aliphatic carbocycles. The molecule has 2 nitrogen and oxygen atoms in total. The van der Waals surface area contributed by atoms with Crippen LogP contribution in [0.4, 0.5) is 0 Å². The van der Waals surface area contributed by atoms with E-state index < -0.39 is 0 Å². The summed E-state index contributed by atoms with van der Waals surface area (Å²) in [5, 5.41) is 3.42. The molecule has 0 saturated carbocycles. The van der Waals surface area contributed by atoms with E-state index in [0.717, 1.165) is 12.3 Å². The lowest BCUT2D eigenvalue weighted by atomic mass is 9.99. The Bertz CT molecular complexity index is 334. The van der Waals surface area contributed by atoms with Gasteiger partial charge in [-0.2, -0.15) is 0 Å². The van der Waals surface area contributed by atoms with Crippen LogP contribution in [0.25, 0.3) is 0 Å². The molecular formula is C13H21NO. The lowest BCUT2D eigenvalue weighted by molar-refractivity contribution is 0.401. The molecule has 0 amide bonds. The zero-order valence-corrected chi connectivity index (χ0v) is 10.3. The first-order valence-electron chi connectivity index (χ1n) is 5.48. The van der Waals surface area contributed by atoms with Gasteiger partial charge in [0.25, 0.3) is 0 Å². The molecule has 1 atom stereocenters. The number of aryl methyl sites for hydroxylation is 2. The highest BCUT2D eigenvalue weighted by atomic mass is 16.5. The highest BCUT2D eigenvalue weighted by Gasteiger charge is 2.13. The Morgan fingerprint density at radius 2 is 2.00 bits per heavy atom. The van der Waals surface area contributed by atoms with Crippen molar-refractivity contribution in [1.29, 1.82) is 0 Å². The molecule has 1 aromatic carbocycles. The van der Waals surface area contributed by atoms with Crippen molar-refractivity contribution in [3.8, 4) is 5.75 Å². The van der Waals surface area contributed by atoms with Crippen LogP contribution in [0.2, 0.25) is 0 Å². The minimum absolute atomic E-state index is 0.338. The van der Waals surface area contributed by atoms with E-state index in [4.69, 9.17) is 4.74 Å². The summed E-state index contributed by atoms with van der Waals surface area (Å²) in [4.78, 5) is 0. The first-order valence-corrected chi connectivity index (χ1v) is 5.48. The van der Waals surface area contributed by atoms with Crippen molar-refractivity contribution in [3.05, 3.63) is 28.8 Å². The molecule has 1 N–H and O–H groups in total. The van der Waals surface area contributed by atoms with E-state index in [1.54, 1.807) is 7.11 Å². The molecular weight excluding hydrogens is 186 g/mol. The SMILES string of the molecule is CCNC(C)c1c(C)cc(C)cc1OC. The summed E-state index contributed by atoms with van der Waals surface area (Å²) in [6.45, 7) is 9.49. The molecule has 0 aliphatic rings. The molecule has 0 aromatic heterocycles. The molecule has 0 fully saturated rings. The molecule has 1 aromatic rings. The van der Waals surface area contributed by atoms with Gasteiger partial charge in [-0.15, -0.1) is 0 Å². The van der Waals surface area contributed by atoms with Gasteiger partial charge in [-0.25, -0.2) is 0 Å². The van der Waals surface area contributed by atoms with Crippen LogP contribution < -0.4 is 10.1 Å². The van der Waals surface area contributed by atoms with Crippen LogP contribution >= 0.6 is 0 Å². The minimum Gasteiger partial charge on any atom is -0.496 e. The molecule has 84 valence electrons. The Hall–Kier alpha value is -1.02. The Morgan fingerprint density at radius 3 is 2.53 bits per heavy atom. The highest BCUT2D eigenvalue weighted by Crippen LogP contribution is 2.29. The van der Waals surface area contributed by atoms with Crippen LogP contribution in [0.3, 0.4) is 0 Å². The fourth-order valence-electron chi connectivity index (χ4n) is 2.07. The van der Waals surface area contributed by atoms with E-state index in [2.05, 4.69) is 45.1 Å². The van der Waals surface area contributed by atoms with Crippen molar-refractivity contribution >= 4 is 0 Å². The van der Waals surface area contributed by atoms with Crippen molar-refractivity contribution in [3.63, 3.8) is 0 Å². The van der Waals surface area contributed by atoms with E-state index in [9.17, 15) is 0 Å². The maximum Gasteiger partial charge on any atom is 0.124 e. The lowest BCUT2D eigenvalue weighted by Crippen LogP contribution is -2.19. The van der Waals surface area contributed by atoms with Crippen molar-refractivity contribution in [2.45, 2.75) is 33.7 Å². The largest absolute Gasteiger partial charge is 0.496 e. The fourth-order valence-corrected chi connectivity index (χ4v) is 2.07. The van der Waals surface area contributed by atoms with Crippen LogP contribution in [-0.4, -0.2) is 13.7 Å². The minimum atomic E-state index is 0.338. The highest BCUT2D eigenvalue weighted by molar-refractivity contribution is 5.44. The lowest BCUT2D eigenvalue weighted by Gasteiger charge is -2.19. The van der Waals surface area contributed by atoms with Gasteiger partial charge in [0.05, 0.1) is 7.11 Å². The zero-order valence-electron chi connectivity index (χ0n) is 10.3. The predicted octanol–water partition coefficient (Wildman–Crippen LogP) is 2.98. The van der Waals surface area contributed by atoms with Gasteiger partial charge in [-0.3, -0.25) is 0 Å². The fraction of sp³-hybridized carbons (Fsp3) is 0.538. The Morgan fingerprint density at radius 1 is 1.33 bits per heavy atom. The topological polar surface area (TPSA) is 21.3 Å². The summed E-state index contributed by atoms with van der Waals surface area (Å²) < 4.78 is 5.43. The van der Waals surface area contributed by atoms with Gasteiger partial charge >= 0.3 is 0 Å². The molecule has 0 heterocycles. The molecule has 0 radical (unpaired) electrons. The summed E-state index contributed by atoms with van der Waals surface area (Å²) in [6, 6.07) is 4.63. The van der Waals surface area contributed by atoms with Gasteiger partial charge in [0.15, 0.2) is 0 Å². The van der Waals surface area contributed by atoms with Crippen LogP contribution in [0.1, 0.15) is 36.6 Å². The summed E-state index contributed by atoms with van der Waals surface area (Å²) >= 11 is 0. The molecule has 15 heavy (non-hydrogen) atoms. The summed E-state index contributed by atoms with van der Waals surface area (Å²) in [5.74, 6) is 0.987. The second-order valence-electron chi connectivity index (χ2n) is 3.98. The van der Waals surface area contributed by atoms with E-state index in [-0.39, 0.29) is 0 Å². The van der Waals surface area contributed by atoms with Gasteiger partial charge in [0.1, 0.15) is 5.75 Å². The van der Waals surface area contributed by atoms with Gasteiger partial charge in [0.2, 0.25) is 0 Å². The average Bonchev–Trinajstić information content (AvgIpc) is 2.16. The number of hydrogen-bond donors (Lipinski definition) is 1. The van der Waals surface area contributed by atoms with Crippen LogP contribution in [0.5, 0.6) is 5.75 Å². The van der Waals surface area contributed by atoms with E-state index in [1.807, 2.05) is 0 Å². The standard InChI is InChI=1S/C13H21NO/c1-6-14-11(4)13-10(3)7-9(2)8-12(13)15-5/h7-8,11,14H,6H2,1-5H3. The summed E-state index contributed by atoms with van der Waals surface area (Å²) in [7, 11) is 1.73. The third-order valence-corrected chi connectivity index (χ3v) is 2.66. The molecule has 0 spiro atoms. The Balaban J connectivity index is 3.14. The van der Waals surface area contributed by atoms with Crippen molar-refractivity contribution in [2.75, 3.05) is 13.7 Å². The Labute approximate surface area is 92.6 Å². The second kappa shape index (κ2) is 5.17. The third kappa shape index (κ3) is 2.72. The van der Waals surface area contributed by atoms with Gasteiger partial charge in [0, 0.05) is 11.6 Å². The molecule has 1 unspecified atom stereocenters. The normalized spacial score (nSPS) is 12.6. The molecule has 2 heteroatoms. The van der Waals surface area contributed by atoms with Crippen LogP contribution in [0, 0.1) is 13.8 Å². The van der Waals surface area contributed by atoms with Gasteiger partial charge < -0.3 is 10.1 Å². The molecule has 0 aliphatic heterocycles. The predicted molar refractivity (Wildman–Crippen MR) is 64.6 cm³/mol. The van der Waals surface area contributed by atoms with Gasteiger partial charge in [-0.1, -0.05) is 13.0 Å². The average molecular weight is 207 g/mol. The smallest absolute Gasteiger partial charge is 0.124 e. The van der Waals surface area contributed by atoms with Crippen LogP contribution in [-0.2, 0) is 0 Å². The maximum absolute atomic E-state index is 5.43. The summed E-state index contributed by atoms with van der Waals surface area (Å²) in [5.41, 5.74) is 3.81. The number of methoxy groups -OCH3 is 1.